The van der Waals surface area contributed by atoms with Crippen molar-refractivity contribution in [2.75, 3.05) is 5.32 Å². The first-order valence-electron chi connectivity index (χ1n) is 7.04. The van der Waals surface area contributed by atoms with Crippen LogP contribution in [-0.4, -0.2) is 9.97 Å². The molecule has 0 spiro atoms. The second kappa shape index (κ2) is 5.00. The molecule has 22 heavy (non-hydrogen) atoms. The van der Waals surface area contributed by atoms with Gasteiger partial charge in [0.25, 0.3) is 5.56 Å². The van der Waals surface area contributed by atoms with E-state index in [1.165, 1.54) is 0 Å². The minimum absolute atomic E-state index is 0.112. The number of hydrogen-bond donors (Lipinski definition) is 2. The zero-order valence-electron chi connectivity index (χ0n) is 11.7. The number of aromatic nitrogens is 2. The molecule has 0 radical (unpaired) electrons. The summed E-state index contributed by atoms with van der Waals surface area (Å²) in [4.78, 5) is 19.3. The second-order valence-electron chi connectivity index (χ2n) is 5.11. The molecule has 0 atom stereocenters. The average Bonchev–Trinajstić information content (AvgIpc) is 2.57. The normalized spacial score (nSPS) is 10.9. The molecule has 2 N–H and O–H groups in total. The van der Waals surface area contributed by atoms with E-state index in [1.807, 2.05) is 60.7 Å². The smallest absolute Gasteiger partial charge is 0.257 e. The molecule has 2 aromatic heterocycles. The standard InChI is InChI=1S/C18H13N3O/c22-18-15-9-5-4-8-14(15)16-10-13(11-19-17(16)21-18)20-12-6-2-1-3-7-12/h1-11,20H,(H,19,21,22). The Morgan fingerprint density at radius 2 is 1.55 bits per heavy atom. The number of H-pyrrole nitrogens is 1. The van der Waals surface area contributed by atoms with Crippen molar-refractivity contribution in [3.63, 3.8) is 0 Å². The third kappa shape index (κ3) is 2.11. The lowest BCUT2D eigenvalue weighted by molar-refractivity contribution is 1.25. The van der Waals surface area contributed by atoms with Gasteiger partial charge in [-0.05, 0) is 29.7 Å². The van der Waals surface area contributed by atoms with Gasteiger partial charge in [-0.3, -0.25) is 4.79 Å². The summed E-state index contributed by atoms with van der Waals surface area (Å²) in [6.07, 6.45) is 1.72. The molecular weight excluding hydrogens is 274 g/mol. The molecule has 2 heterocycles. The van der Waals surface area contributed by atoms with Crippen LogP contribution in [0.15, 0.2) is 71.7 Å². The van der Waals surface area contributed by atoms with Crippen molar-refractivity contribution in [3.05, 3.63) is 77.2 Å². The molecule has 2 aromatic carbocycles. The molecule has 4 heteroatoms. The van der Waals surface area contributed by atoms with Gasteiger partial charge < -0.3 is 10.3 Å². The van der Waals surface area contributed by atoms with Crippen molar-refractivity contribution in [2.24, 2.45) is 0 Å². The Kier molecular flexibility index (Phi) is 2.86. The second-order valence-corrected chi connectivity index (χ2v) is 5.11. The van der Waals surface area contributed by atoms with Crippen LogP contribution in [-0.2, 0) is 0 Å². The van der Waals surface area contributed by atoms with Crippen molar-refractivity contribution in [1.82, 2.24) is 9.97 Å². The fourth-order valence-corrected chi connectivity index (χ4v) is 2.62. The van der Waals surface area contributed by atoms with Gasteiger partial charge in [0.1, 0.15) is 5.65 Å². The predicted octanol–water partition coefficient (Wildman–Crippen LogP) is 3.82. The van der Waals surface area contributed by atoms with Gasteiger partial charge in [0, 0.05) is 16.5 Å². The van der Waals surface area contributed by atoms with E-state index in [-0.39, 0.29) is 5.56 Å². The van der Waals surface area contributed by atoms with Crippen molar-refractivity contribution in [1.29, 1.82) is 0 Å². The Hall–Kier alpha value is -3.14. The molecule has 0 fully saturated rings. The Morgan fingerprint density at radius 3 is 2.36 bits per heavy atom. The Balaban J connectivity index is 1.91. The largest absolute Gasteiger partial charge is 0.354 e. The number of fused-ring (bicyclic) bond motifs is 3. The summed E-state index contributed by atoms with van der Waals surface area (Å²) in [6, 6.07) is 19.5. The lowest BCUT2D eigenvalue weighted by atomic mass is 10.1. The fourth-order valence-electron chi connectivity index (χ4n) is 2.62. The maximum atomic E-state index is 12.1. The first-order chi connectivity index (χ1) is 10.8. The molecule has 4 aromatic rings. The first kappa shape index (κ1) is 12.6. The zero-order valence-corrected chi connectivity index (χ0v) is 11.7. The number of para-hydroxylation sites is 1. The maximum absolute atomic E-state index is 12.1. The van der Waals surface area contributed by atoms with E-state index in [0.717, 1.165) is 22.1 Å². The number of nitrogens with one attached hydrogen (secondary N) is 2. The monoisotopic (exact) mass is 287 g/mol. The third-order valence-electron chi connectivity index (χ3n) is 3.64. The van der Waals surface area contributed by atoms with Crippen LogP contribution >= 0.6 is 0 Å². The number of nitrogens with zero attached hydrogens (tertiary/aromatic N) is 1. The number of hydrogen-bond acceptors (Lipinski definition) is 3. The number of pyridine rings is 2. The molecule has 0 aliphatic heterocycles. The SMILES string of the molecule is O=c1[nH]c2ncc(Nc3ccccc3)cc2c2ccccc12. The van der Waals surface area contributed by atoms with Gasteiger partial charge in [-0.2, -0.15) is 0 Å². The third-order valence-corrected chi connectivity index (χ3v) is 3.64. The highest BCUT2D eigenvalue weighted by molar-refractivity contribution is 6.04. The quantitative estimate of drug-likeness (QED) is 0.551. The van der Waals surface area contributed by atoms with Crippen molar-refractivity contribution >= 4 is 33.2 Å². The minimum atomic E-state index is -0.112. The Labute approximate surface area is 126 Å². The molecular formula is C18H13N3O. The van der Waals surface area contributed by atoms with E-state index < -0.39 is 0 Å². The highest BCUT2D eigenvalue weighted by Gasteiger charge is 2.06. The zero-order chi connectivity index (χ0) is 14.9. The highest BCUT2D eigenvalue weighted by atomic mass is 16.1. The molecule has 0 saturated carbocycles. The molecule has 0 aliphatic carbocycles. The summed E-state index contributed by atoms with van der Waals surface area (Å²) in [5.41, 5.74) is 2.37. The molecule has 0 aliphatic rings. The topological polar surface area (TPSA) is 57.8 Å². The van der Waals surface area contributed by atoms with Crippen LogP contribution in [0.4, 0.5) is 11.4 Å². The summed E-state index contributed by atoms with van der Waals surface area (Å²) in [6.45, 7) is 0. The van der Waals surface area contributed by atoms with Crippen LogP contribution in [0.3, 0.4) is 0 Å². The van der Waals surface area contributed by atoms with Crippen LogP contribution in [0.1, 0.15) is 0 Å². The summed E-state index contributed by atoms with van der Waals surface area (Å²) in [7, 11) is 0. The van der Waals surface area contributed by atoms with Crippen LogP contribution < -0.4 is 10.9 Å². The lowest BCUT2D eigenvalue weighted by Crippen LogP contribution is -2.07. The lowest BCUT2D eigenvalue weighted by Gasteiger charge is -2.08. The van der Waals surface area contributed by atoms with E-state index in [4.69, 9.17) is 0 Å². The molecule has 0 saturated heterocycles. The average molecular weight is 287 g/mol. The number of rotatable bonds is 2. The van der Waals surface area contributed by atoms with Crippen LogP contribution in [0.25, 0.3) is 21.8 Å². The summed E-state index contributed by atoms with van der Waals surface area (Å²) < 4.78 is 0. The van der Waals surface area contributed by atoms with Crippen molar-refractivity contribution in [3.8, 4) is 0 Å². The number of aromatic amines is 1. The van der Waals surface area contributed by atoms with Gasteiger partial charge in [0.05, 0.1) is 11.9 Å². The van der Waals surface area contributed by atoms with Gasteiger partial charge in [0.2, 0.25) is 0 Å². The van der Waals surface area contributed by atoms with Gasteiger partial charge in [-0.15, -0.1) is 0 Å². The van der Waals surface area contributed by atoms with E-state index in [9.17, 15) is 4.79 Å². The van der Waals surface area contributed by atoms with Gasteiger partial charge in [0.15, 0.2) is 0 Å². The van der Waals surface area contributed by atoms with Crippen molar-refractivity contribution < 1.29 is 0 Å². The minimum Gasteiger partial charge on any atom is -0.354 e. The van der Waals surface area contributed by atoms with Gasteiger partial charge >= 0.3 is 0 Å². The van der Waals surface area contributed by atoms with E-state index in [0.29, 0.717) is 11.0 Å². The molecule has 106 valence electrons. The summed E-state index contributed by atoms with van der Waals surface area (Å²) in [5, 5.41) is 5.83. The van der Waals surface area contributed by atoms with Crippen LogP contribution in [0.2, 0.25) is 0 Å². The van der Waals surface area contributed by atoms with E-state index >= 15 is 0 Å². The maximum Gasteiger partial charge on any atom is 0.257 e. The molecule has 0 bridgehead atoms. The van der Waals surface area contributed by atoms with E-state index in [2.05, 4.69) is 15.3 Å². The fraction of sp³-hybridized carbons (Fsp3) is 0. The molecule has 0 unspecified atom stereocenters. The number of anilines is 2. The Bertz CT molecular complexity index is 1020. The highest BCUT2D eigenvalue weighted by Crippen LogP contribution is 2.24. The van der Waals surface area contributed by atoms with Crippen LogP contribution in [0, 0.1) is 0 Å². The van der Waals surface area contributed by atoms with E-state index in [1.54, 1.807) is 6.20 Å². The summed E-state index contributed by atoms with van der Waals surface area (Å²) in [5.74, 6) is 0. The van der Waals surface area contributed by atoms with Gasteiger partial charge in [-0.25, -0.2) is 4.98 Å². The molecule has 4 rings (SSSR count). The van der Waals surface area contributed by atoms with Gasteiger partial charge in [-0.1, -0.05) is 36.4 Å². The van der Waals surface area contributed by atoms with Crippen molar-refractivity contribution in [2.45, 2.75) is 0 Å². The summed E-state index contributed by atoms with van der Waals surface area (Å²) >= 11 is 0. The first-order valence-corrected chi connectivity index (χ1v) is 7.04. The molecule has 4 nitrogen and oxygen atoms in total. The molecule has 0 amide bonds. The Morgan fingerprint density at radius 1 is 0.818 bits per heavy atom. The van der Waals surface area contributed by atoms with Crippen LogP contribution in [0.5, 0.6) is 0 Å². The predicted molar refractivity (Wildman–Crippen MR) is 89.6 cm³/mol. The number of benzene rings is 2.